The maximum absolute atomic E-state index is 12.8. The molecule has 1 aromatic rings. The topological polar surface area (TPSA) is 104 Å². The maximum Gasteiger partial charge on any atom is 0.416 e. The van der Waals surface area contributed by atoms with E-state index in [9.17, 15) is 22.8 Å². The molecule has 1 saturated heterocycles. The van der Waals surface area contributed by atoms with E-state index in [1.54, 1.807) is 6.07 Å². The van der Waals surface area contributed by atoms with Crippen molar-refractivity contribution in [1.82, 2.24) is 4.90 Å². The summed E-state index contributed by atoms with van der Waals surface area (Å²) in [6.07, 6.45) is -2.31. The van der Waals surface area contributed by atoms with Crippen LogP contribution in [0.5, 0.6) is 0 Å². The van der Waals surface area contributed by atoms with Gasteiger partial charge in [0.1, 0.15) is 0 Å². The lowest BCUT2D eigenvalue weighted by Crippen LogP contribution is -2.27. The average Bonchev–Trinajstić information content (AvgIpc) is 2.90. The van der Waals surface area contributed by atoms with Gasteiger partial charge in [0.05, 0.1) is 5.56 Å². The van der Waals surface area contributed by atoms with Gasteiger partial charge in [-0.05, 0) is 18.1 Å². The Labute approximate surface area is 142 Å². The van der Waals surface area contributed by atoms with E-state index in [-0.39, 0.29) is 6.04 Å². The molecule has 1 aliphatic rings. The van der Waals surface area contributed by atoms with Crippen LogP contribution in [0.1, 0.15) is 17.5 Å². The predicted octanol–water partition coefficient (Wildman–Crippen LogP) is 1.95. The molecule has 1 fully saturated rings. The number of likely N-dealkylation sites (tertiary alicyclic amines) is 1. The normalized spacial score (nSPS) is 18.0. The molecule has 4 N–H and O–H groups in total. The molecular formula is C16H19F3N2O4. The zero-order valence-electron chi connectivity index (χ0n) is 13.2. The van der Waals surface area contributed by atoms with Gasteiger partial charge in [-0.25, -0.2) is 9.59 Å². The molecule has 1 heterocycles. The van der Waals surface area contributed by atoms with Crippen molar-refractivity contribution in [2.75, 3.05) is 13.1 Å². The van der Waals surface area contributed by atoms with Crippen LogP contribution in [0.3, 0.4) is 0 Å². The molecule has 9 heteroatoms. The molecule has 1 unspecified atom stereocenters. The SMILES string of the molecule is NC1CCN(Cc2ccccc2C(F)(F)F)C1.O=C(O)C=CC(=O)O. The highest BCUT2D eigenvalue weighted by atomic mass is 19.4. The average molecular weight is 360 g/mol. The summed E-state index contributed by atoms with van der Waals surface area (Å²) in [6.45, 7) is 1.77. The Morgan fingerprint density at radius 1 is 1.20 bits per heavy atom. The summed E-state index contributed by atoms with van der Waals surface area (Å²) in [4.78, 5) is 21.1. The van der Waals surface area contributed by atoms with Gasteiger partial charge in [-0.15, -0.1) is 0 Å². The smallest absolute Gasteiger partial charge is 0.416 e. The molecule has 25 heavy (non-hydrogen) atoms. The molecule has 0 aromatic heterocycles. The van der Waals surface area contributed by atoms with Gasteiger partial charge >= 0.3 is 18.1 Å². The monoisotopic (exact) mass is 360 g/mol. The quantitative estimate of drug-likeness (QED) is 0.709. The number of benzene rings is 1. The first kappa shape index (κ1) is 20.7. The van der Waals surface area contributed by atoms with Crippen LogP contribution < -0.4 is 5.73 Å². The van der Waals surface area contributed by atoms with Crippen LogP contribution in [0, 0.1) is 0 Å². The molecule has 1 aromatic carbocycles. The molecule has 0 spiro atoms. The standard InChI is InChI=1S/C12H15F3N2.C4H4O4/c13-12(14,15)11-4-2-1-3-9(11)7-17-6-5-10(16)8-17;5-3(6)1-2-4(7)8/h1-4,10H,5-8,16H2;1-2H,(H,5,6)(H,7,8). The molecule has 0 radical (unpaired) electrons. The number of nitrogens with zero attached hydrogens (tertiary/aromatic N) is 1. The minimum Gasteiger partial charge on any atom is -0.478 e. The number of carboxylic acid groups (broad SMARTS) is 2. The summed E-state index contributed by atoms with van der Waals surface area (Å²) in [7, 11) is 0. The minimum absolute atomic E-state index is 0.0908. The first-order chi connectivity index (χ1) is 11.6. The highest BCUT2D eigenvalue weighted by molar-refractivity contribution is 5.89. The fourth-order valence-corrected chi connectivity index (χ4v) is 2.32. The van der Waals surface area contributed by atoms with E-state index in [0.29, 0.717) is 30.8 Å². The summed E-state index contributed by atoms with van der Waals surface area (Å²) in [6, 6.07) is 5.81. The highest BCUT2D eigenvalue weighted by Crippen LogP contribution is 2.32. The van der Waals surface area contributed by atoms with Crippen LogP contribution in [-0.4, -0.2) is 46.2 Å². The van der Waals surface area contributed by atoms with Crippen LogP contribution in [0.15, 0.2) is 36.4 Å². The van der Waals surface area contributed by atoms with Crippen molar-refractivity contribution in [1.29, 1.82) is 0 Å². The number of carbonyl (C=O) groups is 2. The summed E-state index contributed by atoms with van der Waals surface area (Å²) in [5.41, 5.74) is 5.53. The van der Waals surface area contributed by atoms with Crippen molar-refractivity contribution in [2.24, 2.45) is 5.73 Å². The van der Waals surface area contributed by atoms with Crippen molar-refractivity contribution >= 4 is 11.9 Å². The van der Waals surface area contributed by atoms with Gasteiger partial charge < -0.3 is 15.9 Å². The lowest BCUT2D eigenvalue weighted by atomic mass is 10.1. The number of carboxylic acids is 2. The van der Waals surface area contributed by atoms with Gasteiger partial charge in [0, 0.05) is 37.8 Å². The molecule has 1 atom stereocenters. The second kappa shape index (κ2) is 9.19. The van der Waals surface area contributed by atoms with Gasteiger partial charge in [-0.2, -0.15) is 13.2 Å². The highest BCUT2D eigenvalue weighted by Gasteiger charge is 2.33. The Hall–Kier alpha value is -2.39. The number of alkyl halides is 3. The number of nitrogens with two attached hydrogens (primary N) is 1. The number of hydrogen-bond acceptors (Lipinski definition) is 4. The number of halogens is 3. The first-order valence-electron chi connectivity index (χ1n) is 7.36. The third kappa shape index (κ3) is 7.81. The first-order valence-corrected chi connectivity index (χ1v) is 7.36. The zero-order chi connectivity index (χ0) is 19.0. The van der Waals surface area contributed by atoms with E-state index in [1.807, 2.05) is 4.90 Å². The van der Waals surface area contributed by atoms with Gasteiger partial charge in [0.15, 0.2) is 0 Å². The van der Waals surface area contributed by atoms with Crippen molar-refractivity contribution in [3.63, 3.8) is 0 Å². The Morgan fingerprint density at radius 2 is 1.76 bits per heavy atom. The molecule has 0 amide bonds. The van der Waals surface area contributed by atoms with Crippen molar-refractivity contribution in [3.8, 4) is 0 Å². The fourth-order valence-electron chi connectivity index (χ4n) is 2.32. The van der Waals surface area contributed by atoms with Gasteiger partial charge in [0.2, 0.25) is 0 Å². The zero-order valence-corrected chi connectivity index (χ0v) is 13.2. The van der Waals surface area contributed by atoms with E-state index in [2.05, 4.69) is 0 Å². The summed E-state index contributed by atoms with van der Waals surface area (Å²) in [5, 5.41) is 15.6. The van der Waals surface area contributed by atoms with Crippen molar-refractivity contribution in [2.45, 2.75) is 25.2 Å². The van der Waals surface area contributed by atoms with Gasteiger partial charge in [0.25, 0.3) is 0 Å². The van der Waals surface area contributed by atoms with Crippen LogP contribution in [0.4, 0.5) is 13.2 Å². The third-order valence-corrected chi connectivity index (χ3v) is 3.39. The lowest BCUT2D eigenvalue weighted by Gasteiger charge is -2.18. The molecule has 138 valence electrons. The van der Waals surface area contributed by atoms with Crippen LogP contribution in [-0.2, 0) is 22.3 Å². The van der Waals surface area contributed by atoms with Crippen molar-refractivity contribution in [3.05, 3.63) is 47.5 Å². The summed E-state index contributed by atoms with van der Waals surface area (Å²) in [5.74, 6) is -2.51. The number of rotatable bonds is 4. The number of aliphatic carboxylic acids is 2. The van der Waals surface area contributed by atoms with Crippen LogP contribution in [0.2, 0.25) is 0 Å². The Balaban J connectivity index is 0.000000333. The summed E-state index contributed by atoms with van der Waals surface area (Å²) < 4.78 is 38.3. The largest absolute Gasteiger partial charge is 0.478 e. The summed E-state index contributed by atoms with van der Waals surface area (Å²) >= 11 is 0. The fraction of sp³-hybridized carbons (Fsp3) is 0.375. The second-order valence-corrected chi connectivity index (χ2v) is 5.45. The van der Waals surface area contributed by atoms with Crippen LogP contribution in [0.25, 0.3) is 0 Å². The lowest BCUT2D eigenvalue weighted by molar-refractivity contribution is -0.138. The second-order valence-electron chi connectivity index (χ2n) is 5.45. The number of hydrogen-bond donors (Lipinski definition) is 3. The van der Waals surface area contributed by atoms with E-state index < -0.39 is 23.7 Å². The molecule has 0 bridgehead atoms. The molecule has 2 rings (SSSR count). The van der Waals surface area contributed by atoms with E-state index in [4.69, 9.17) is 15.9 Å². The maximum atomic E-state index is 12.8. The van der Waals surface area contributed by atoms with Crippen molar-refractivity contribution < 1.29 is 33.0 Å². The Kier molecular flexibility index (Phi) is 7.59. The Morgan fingerprint density at radius 3 is 2.20 bits per heavy atom. The van der Waals surface area contributed by atoms with Gasteiger partial charge in [-0.1, -0.05) is 18.2 Å². The van der Waals surface area contributed by atoms with E-state index in [1.165, 1.54) is 12.1 Å². The molecule has 0 saturated carbocycles. The molecular weight excluding hydrogens is 341 g/mol. The van der Waals surface area contributed by atoms with E-state index >= 15 is 0 Å². The molecule has 0 aliphatic carbocycles. The third-order valence-electron chi connectivity index (χ3n) is 3.39. The predicted molar refractivity (Wildman–Crippen MR) is 83.7 cm³/mol. The molecule has 1 aliphatic heterocycles. The molecule has 6 nitrogen and oxygen atoms in total. The van der Waals surface area contributed by atoms with Gasteiger partial charge in [-0.3, -0.25) is 4.90 Å². The minimum atomic E-state index is -4.28. The Bertz CT molecular complexity index is 616. The van der Waals surface area contributed by atoms with Crippen LogP contribution >= 0.6 is 0 Å². The van der Waals surface area contributed by atoms with E-state index in [0.717, 1.165) is 19.0 Å².